The smallest absolute Gasteiger partial charge is 0.251 e. The minimum atomic E-state index is -0.108. The fourth-order valence-corrected chi connectivity index (χ4v) is 2.93. The highest BCUT2D eigenvalue weighted by atomic mass is 16.5. The number of benzene rings is 1. The lowest BCUT2D eigenvalue weighted by Gasteiger charge is -2.29. The van der Waals surface area contributed by atoms with E-state index >= 15 is 0 Å². The first-order chi connectivity index (χ1) is 9.54. The van der Waals surface area contributed by atoms with Crippen molar-refractivity contribution in [3.63, 3.8) is 0 Å². The molecular weight excluding hydrogens is 252 g/mol. The maximum Gasteiger partial charge on any atom is 0.251 e. The van der Waals surface area contributed by atoms with E-state index in [-0.39, 0.29) is 11.4 Å². The van der Waals surface area contributed by atoms with E-state index in [4.69, 9.17) is 4.74 Å². The first-order valence-corrected chi connectivity index (χ1v) is 7.15. The summed E-state index contributed by atoms with van der Waals surface area (Å²) in [6.07, 6.45) is 2.16. The molecule has 4 heteroatoms. The molecule has 0 bridgehead atoms. The number of rotatable bonds is 5. The number of hydrogen-bond acceptors (Lipinski definition) is 3. The van der Waals surface area contributed by atoms with Gasteiger partial charge < -0.3 is 15.4 Å². The molecular formula is C16H24N2O2. The number of amides is 1. The van der Waals surface area contributed by atoms with Crippen molar-refractivity contribution in [2.75, 3.05) is 26.8 Å². The molecule has 1 amide bonds. The molecule has 110 valence electrons. The Labute approximate surface area is 120 Å². The van der Waals surface area contributed by atoms with Crippen LogP contribution < -0.4 is 10.6 Å². The summed E-state index contributed by atoms with van der Waals surface area (Å²) < 4.78 is 5.29. The van der Waals surface area contributed by atoms with Crippen molar-refractivity contribution in [2.45, 2.75) is 32.2 Å². The van der Waals surface area contributed by atoms with E-state index in [0.717, 1.165) is 36.1 Å². The summed E-state index contributed by atoms with van der Waals surface area (Å²) in [5.74, 6) is -0.0130. The average molecular weight is 276 g/mol. The molecule has 4 nitrogen and oxygen atoms in total. The molecule has 1 atom stereocenters. The van der Waals surface area contributed by atoms with Crippen molar-refractivity contribution in [3.8, 4) is 0 Å². The zero-order valence-corrected chi connectivity index (χ0v) is 12.6. The van der Waals surface area contributed by atoms with E-state index in [1.165, 1.54) is 0 Å². The normalized spacial score (nSPS) is 21.9. The number of methoxy groups -OCH3 is 1. The average Bonchev–Trinajstić information content (AvgIpc) is 2.84. The van der Waals surface area contributed by atoms with Gasteiger partial charge in [0.05, 0.1) is 12.1 Å². The van der Waals surface area contributed by atoms with Crippen LogP contribution in [0.4, 0.5) is 0 Å². The lowest BCUT2D eigenvalue weighted by Crippen LogP contribution is -2.53. The first-order valence-electron chi connectivity index (χ1n) is 7.15. The van der Waals surface area contributed by atoms with Crippen LogP contribution in [0.2, 0.25) is 0 Å². The molecule has 1 aliphatic rings. The molecule has 1 saturated heterocycles. The molecule has 1 unspecified atom stereocenters. The summed E-state index contributed by atoms with van der Waals surface area (Å²) in [5.41, 5.74) is 2.85. The molecule has 20 heavy (non-hydrogen) atoms. The monoisotopic (exact) mass is 276 g/mol. The van der Waals surface area contributed by atoms with E-state index in [9.17, 15) is 4.79 Å². The topological polar surface area (TPSA) is 50.4 Å². The Morgan fingerprint density at radius 2 is 2.05 bits per heavy atom. The van der Waals surface area contributed by atoms with Crippen LogP contribution >= 0.6 is 0 Å². The molecule has 2 rings (SSSR count). The van der Waals surface area contributed by atoms with Gasteiger partial charge in [0.15, 0.2) is 0 Å². The van der Waals surface area contributed by atoms with Crippen molar-refractivity contribution in [2.24, 2.45) is 0 Å². The standard InChI is InChI=1S/C16H24N2O2/c1-12-7-13(2)9-14(8-12)15(19)17-10-16(11-20-3)5-4-6-18-16/h7-9,18H,4-6,10-11H2,1-3H3,(H,17,19). The number of aryl methyl sites for hydroxylation is 2. The Balaban J connectivity index is 2.00. The lowest BCUT2D eigenvalue weighted by atomic mass is 9.98. The molecule has 0 radical (unpaired) electrons. The second kappa shape index (κ2) is 6.37. The summed E-state index contributed by atoms with van der Waals surface area (Å²) in [6, 6.07) is 5.92. The number of carbonyl (C=O) groups is 1. The van der Waals surface area contributed by atoms with E-state index < -0.39 is 0 Å². The Morgan fingerprint density at radius 1 is 1.35 bits per heavy atom. The number of nitrogens with one attached hydrogen (secondary N) is 2. The second-order valence-electron chi connectivity index (χ2n) is 5.80. The third-order valence-corrected chi connectivity index (χ3v) is 3.82. The van der Waals surface area contributed by atoms with Crippen molar-refractivity contribution in [3.05, 3.63) is 34.9 Å². The van der Waals surface area contributed by atoms with Crippen LogP contribution in [0.25, 0.3) is 0 Å². The van der Waals surface area contributed by atoms with E-state index in [0.29, 0.717) is 13.2 Å². The third kappa shape index (κ3) is 3.58. The number of ether oxygens (including phenoxy) is 1. The van der Waals surface area contributed by atoms with E-state index in [2.05, 4.69) is 16.7 Å². The highest BCUT2D eigenvalue weighted by Gasteiger charge is 2.33. The Morgan fingerprint density at radius 3 is 2.60 bits per heavy atom. The number of carbonyl (C=O) groups excluding carboxylic acids is 1. The SMILES string of the molecule is COCC1(CNC(=O)c2cc(C)cc(C)c2)CCCN1. The van der Waals surface area contributed by atoms with Crippen LogP contribution in [0, 0.1) is 13.8 Å². The van der Waals surface area contributed by atoms with Gasteiger partial charge in [-0.15, -0.1) is 0 Å². The van der Waals surface area contributed by atoms with Gasteiger partial charge in [-0.3, -0.25) is 4.79 Å². The summed E-state index contributed by atoms with van der Waals surface area (Å²) in [7, 11) is 1.70. The molecule has 2 N–H and O–H groups in total. The highest BCUT2D eigenvalue weighted by molar-refractivity contribution is 5.94. The van der Waals surface area contributed by atoms with Gasteiger partial charge in [0.25, 0.3) is 5.91 Å². The Kier molecular flexibility index (Phi) is 4.78. The van der Waals surface area contributed by atoms with Crippen LogP contribution in [0.3, 0.4) is 0 Å². The van der Waals surface area contributed by atoms with Gasteiger partial charge in [-0.05, 0) is 45.4 Å². The first kappa shape index (κ1) is 15.0. The molecule has 1 aliphatic heterocycles. The molecule has 0 saturated carbocycles. The van der Waals surface area contributed by atoms with Crippen molar-refractivity contribution < 1.29 is 9.53 Å². The summed E-state index contributed by atoms with van der Waals surface area (Å²) in [4.78, 5) is 12.3. The van der Waals surface area contributed by atoms with Crippen LogP contribution in [-0.2, 0) is 4.74 Å². The van der Waals surface area contributed by atoms with Crippen molar-refractivity contribution in [1.29, 1.82) is 0 Å². The van der Waals surface area contributed by atoms with E-state index in [1.807, 2.05) is 26.0 Å². The van der Waals surface area contributed by atoms with Gasteiger partial charge in [0.1, 0.15) is 0 Å². The van der Waals surface area contributed by atoms with Gasteiger partial charge in [0, 0.05) is 19.2 Å². The predicted octanol–water partition coefficient (Wildman–Crippen LogP) is 1.80. The predicted molar refractivity (Wildman–Crippen MR) is 80.1 cm³/mol. The Bertz CT molecular complexity index is 459. The van der Waals surface area contributed by atoms with Crippen LogP contribution in [0.5, 0.6) is 0 Å². The molecule has 1 aromatic rings. The molecule has 0 aromatic heterocycles. The maximum atomic E-state index is 12.3. The second-order valence-corrected chi connectivity index (χ2v) is 5.80. The third-order valence-electron chi connectivity index (χ3n) is 3.82. The quantitative estimate of drug-likeness (QED) is 0.862. The number of hydrogen-bond donors (Lipinski definition) is 2. The zero-order chi connectivity index (χ0) is 14.6. The van der Waals surface area contributed by atoms with Gasteiger partial charge in [-0.25, -0.2) is 0 Å². The molecule has 1 aromatic carbocycles. The maximum absolute atomic E-state index is 12.3. The van der Waals surface area contributed by atoms with Gasteiger partial charge in [-0.2, -0.15) is 0 Å². The van der Waals surface area contributed by atoms with Gasteiger partial charge in [-0.1, -0.05) is 17.2 Å². The Hall–Kier alpha value is -1.39. The summed E-state index contributed by atoms with van der Waals surface area (Å²) >= 11 is 0. The molecule has 1 heterocycles. The summed E-state index contributed by atoms with van der Waals surface area (Å²) in [6.45, 7) is 6.24. The lowest BCUT2D eigenvalue weighted by molar-refractivity contribution is 0.0892. The minimum absolute atomic E-state index is 0.0130. The van der Waals surface area contributed by atoms with Crippen LogP contribution in [-0.4, -0.2) is 38.3 Å². The minimum Gasteiger partial charge on any atom is -0.383 e. The fourth-order valence-electron chi connectivity index (χ4n) is 2.93. The largest absolute Gasteiger partial charge is 0.383 e. The van der Waals surface area contributed by atoms with Gasteiger partial charge >= 0.3 is 0 Å². The van der Waals surface area contributed by atoms with Crippen molar-refractivity contribution >= 4 is 5.91 Å². The van der Waals surface area contributed by atoms with Crippen LogP contribution in [0.1, 0.15) is 34.3 Å². The fraction of sp³-hybridized carbons (Fsp3) is 0.562. The highest BCUT2D eigenvalue weighted by Crippen LogP contribution is 2.19. The van der Waals surface area contributed by atoms with Gasteiger partial charge in [0.2, 0.25) is 0 Å². The summed E-state index contributed by atoms with van der Waals surface area (Å²) in [5, 5.41) is 6.50. The van der Waals surface area contributed by atoms with Crippen LogP contribution in [0.15, 0.2) is 18.2 Å². The molecule has 1 fully saturated rings. The zero-order valence-electron chi connectivity index (χ0n) is 12.6. The molecule has 0 aliphatic carbocycles. The molecule has 0 spiro atoms. The van der Waals surface area contributed by atoms with Crippen molar-refractivity contribution in [1.82, 2.24) is 10.6 Å². The van der Waals surface area contributed by atoms with E-state index in [1.54, 1.807) is 7.11 Å².